The van der Waals surface area contributed by atoms with Crippen LogP contribution in [0.3, 0.4) is 0 Å². The number of thiophene rings is 1. The molecule has 0 saturated heterocycles. The summed E-state index contributed by atoms with van der Waals surface area (Å²) in [6, 6.07) is 4.58. The number of rotatable bonds is 10. The Morgan fingerprint density at radius 2 is 2.25 bits per heavy atom. The van der Waals surface area contributed by atoms with Gasteiger partial charge in [0.2, 0.25) is 0 Å². The van der Waals surface area contributed by atoms with E-state index in [4.69, 9.17) is 14.2 Å². The van der Waals surface area contributed by atoms with E-state index in [0.717, 1.165) is 19.4 Å². The van der Waals surface area contributed by atoms with E-state index in [2.05, 4.69) is 29.8 Å². The minimum absolute atomic E-state index is 0.150. The predicted octanol–water partition coefficient (Wildman–Crippen LogP) is 2.44. The van der Waals surface area contributed by atoms with Crippen LogP contribution in [0.2, 0.25) is 0 Å². The number of nitrogens with one attached hydrogen (secondary N) is 1. The highest BCUT2D eigenvalue weighted by Gasteiger charge is 2.42. The molecule has 1 aliphatic carbocycles. The molecule has 1 aromatic heterocycles. The third kappa shape index (κ3) is 4.53. The second kappa shape index (κ2) is 8.74. The van der Waals surface area contributed by atoms with Crippen molar-refractivity contribution in [2.75, 3.05) is 26.9 Å². The van der Waals surface area contributed by atoms with Gasteiger partial charge >= 0.3 is 0 Å². The topological polar surface area (TPSA) is 39.7 Å². The second-order valence-corrected chi connectivity index (χ2v) is 6.09. The molecule has 0 radical (unpaired) electrons. The van der Waals surface area contributed by atoms with Gasteiger partial charge < -0.3 is 19.5 Å². The Kier molecular flexibility index (Phi) is 6.96. The van der Waals surface area contributed by atoms with Crippen molar-refractivity contribution < 1.29 is 14.2 Å². The molecule has 1 aromatic rings. The highest BCUT2D eigenvalue weighted by molar-refractivity contribution is 7.09. The van der Waals surface area contributed by atoms with Crippen LogP contribution in [0.4, 0.5) is 0 Å². The van der Waals surface area contributed by atoms with Gasteiger partial charge in [0.05, 0.1) is 32.0 Å². The highest BCUT2D eigenvalue weighted by Crippen LogP contribution is 2.28. The van der Waals surface area contributed by atoms with E-state index in [9.17, 15) is 0 Å². The van der Waals surface area contributed by atoms with Crippen molar-refractivity contribution >= 4 is 11.3 Å². The summed E-state index contributed by atoms with van der Waals surface area (Å²) in [6.07, 6.45) is 2.52. The molecule has 114 valence electrons. The van der Waals surface area contributed by atoms with Gasteiger partial charge in [-0.2, -0.15) is 0 Å². The quantitative estimate of drug-likeness (QED) is 0.674. The summed E-state index contributed by atoms with van der Waals surface area (Å²) in [5, 5.41) is 5.61. The molecule has 4 nitrogen and oxygen atoms in total. The lowest BCUT2D eigenvalue weighted by atomic mass is 9.85. The van der Waals surface area contributed by atoms with Crippen LogP contribution in [0.1, 0.15) is 24.6 Å². The highest BCUT2D eigenvalue weighted by atomic mass is 32.1. The molecule has 0 aliphatic heterocycles. The molecule has 0 aromatic carbocycles. The van der Waals surface area contributed by atoms with Crippen molar-refractivity contribution in [1.82, 2.24) is 5.32 Å². The van der Waals surface area contributed by atoms with Crippen LogP contribution in [-0.2, 0) is 20.8 Å². The van der Waals surface area contributed by atoms with Crippen molar-refractivity contribution in [3.05, 3.63) is 22.4 Å². The molecule has 1 saturated carbocycles. The maximum absolute atomic E-state index is 5.98. The van der Waals surface area contributed by atoms with Crippen LogP contribution in [0.15, 0.2) is 17.5 Å². The van der Waals surface area contributed by atoms with Crippen LogP contribution in [0, 0.1) is 0 Å². The Bertz CT molecular complexity index is 358. The molecular weight excluding hydrogens is 274 g/mol. The number of methoxy groups -OCH3 is 1. The fourth-order valence-corrected chi connectivity index (χ4v) is 2.97. The maximum atomic E-state index is 5.98. The standard InChI is InChI=1S/C15H25NO3S/c1-3-6-16-13-10-14(15(13)18-8-7-17-2)19-11-12-5-4-9-20-12/h4-5,9,13-16H,3,6-8,10-11H2,1-2H3. The molecule has 20 heavy (non-hydrogen) atoms. The molecular formula is C15H25NO3S. The van der Waals surface area contributed by atoms with Gasteiger partial charge in [0, 0.05) is 18.0 Å². The van der Waals surface area contributed by atoms with E-state index >= 15 is 0 Å². The van der Waals surface area contributed by atoms with E-state index in [1.54, 1.807) is 18.4 Å². The van der Waals surface area contributed by atoms with Gasteiger partial charge in [-0.1, -0.05) is 13.0 Å². The third-order valence-electron chi connectivity index (χ3n) is 3.52. The molecule has 2 rings (SSSR count). The van der Waals surface area contributed by atoms with Gasteiger partial charge in [0.25, 0.3) is 0 Å². The summed E-state index contributed by atoms with van der Waals surface area (Å²) in [6.45, 7) is 5.16. The first kappa shape index (κ1) is 15.9. The molecule has 3 unspecified atom stereocenters. The minimum atomic E-state index is 0.150. The van der Waals surface area contributed by atoms with Crippen LogP contribution in [0.25, 0.3) is 0 Å². The molecule has 1 aliphatic rings. The van der Waals surface area contributed by atoms with E-state index in [1.807, 2.05) is 0 Å². The van der Waals surface area contributed by atoms with Crippen molar-refractivity contribution in [2.24, 2.45) is 0 Å². The Labute approximate surface area is 125 Å². The molecule has 0 bridgehead atoms. The number of hydrogen-bond acceptors (Lipinski definition) is 5. The normalized spacial score (nSPS) is 25.6. The maximum Gasteiger partial charge on any atom is 0.0991 e. The van der Waals surface area contributed by atoms with E-state index in [-0.39, 0.29) is 12.2 Å². The van der Waals surface area contributed by atoms with Crippen LogP contribution >= 0.6 is 11.3 Å². The summed E-state index contributed by atoms with van der Waals surface area (Å²) in [5.41, 5.74) is 0. The fraction of sp³-hybridized carbons (Fsp3) is 0.733. The lowest BCUT2D eigenvalue weighted by molar-refractivity contribution is -0.156. The first-order valence-electron chi connectivity index (χ1n) is 7.33. The zero-order chi connectivity index (χ0) is 14.2. The van der Waals surface area contributed by atoms with Gasteiger partial charge in [-0.25, -0.2) is 0 Å². The molecule has 1 N–H and O–H groups in total. The van der Waals surface area contributed by atoms with Gasteiger partial charge in [-0.15, -0.1) is 11.3 Å². The minimum Gasteiger partial charge on any atom is -0.382 e. The monoisotopic (exact) mass is 299 g/mol. The SMILES string of the molecule is CCCNC1CC(OCc2cccs2)C1OCCOC. The van der Waals surface area contributed by atoms with E-state index in [0.29, 0.717) is 25.9 Å². The number of hydrogen-bond donors (Lipinski definition) is 1. The summed E-state index contributed by atoms with van der Waals surface area (Å²) < 4.78 is 16.9. The van der Waals surface area contributed by atoms with Crippen LogP contribution in [0.5, 0.6) is 0 Å². The lowest BCUT2D eigenvalue weighted by Crippen LogP contribution is -2.60. The van der Waals surface area contributed by atoms with Gasteiger partial charge in [0.1, 0.15) is 0 Å². The summed E-state index contributed by atoms with van der Waals surface area (Å²) in [5.74, 6) is 0. The van der Waals surface area contributed by atoms with Crippen molar-refractivity contribution in [3.63, 3.8) is 0 Å². The second-order valence-electron chi connectivity index (χ2n) is 5.05. The number of ether oxygens (including phenoxy) is 3. The Morgan fingerprint density at radius 3 is 2.95 bits per heavy atom. The van der Waals surface area contributed by atoms with E-state index in [1.165, 1.54) is 4.88 Å². The molecule has 0 spiro atoms. The predicted molar refractivity (Wildman–Crippen MR) is 81.2 cm³/mol. The largest absolute Gasteiger partial charge is 0.382 e. The molecule has 0 amide bonds. The molecule has 5 heteroatoms. The van der Waals surface area contributed by atoms with Crippen molar-refractivity contribution in [3.8, 4) is 0 Å². The summed E-state index contributed by atoms with van der Waals surface area (Å²) >= 11 is 1.74. The average molecular weight is 299 g/mol. The van der Waals surface area contributed by atoms with Gasteiger partial charge in [-0.05, 0) is 30.8 Å². The molecule has 1 heterocycles. The van der Waals surface area contributed by atoms with Crippen molar-refractivity contribution in [1.29, 1.82) is 0 Å². The molecule has 3 atom stereocenters. The van der Waals surface area contributed by atoms with Crippen LogP contribution in [-0.4, -0.2) is 45.1 Å². The first-order chi connectivity index (χ1) is 9.85. The first-order valence-corrected chi connectivity index (χ1v) is 8.21. The zero-order valence-electron chi connectivity index (χ0n) is 12.3. The van der Waals surface area contributed by atoms with Gasteiger partial charge in [0.15, 0.2) is 0 Å². The zero-order valence-corrected chi connectivity index (χ0v) is 13.2. The smallest absolute Gasteiger partial charge is 0.0991 e. The third-order valence-corrected chi connectivity index (χ3v) is 4.37. The van der Waals surface area contributed by atoms with Crippen LogP contribution < -0.4 is 5.32 Å². The summed E-state index contributed by atoms with van der Waals surface area (Å²) in [7, 11) is 1.70. The Hall–Kier alpha value is -0.460. The lowest BCUT2D eigenvalue weighted by Gasteiger charge is -2.44. The summed E-state index contributed by atoms with van der Waals surface area (Å²) in [4.78, 5) is 1.27. The Balaban J connectivity index is 1.75. The Morgan fingerprint density at radius 1 is 1.35 bits per heavy atom. The molecule has 1 fully saturated rings. The van der Waals surface area contributed by atoms with E-state index < -0.39 is 0 Å². The average Bonchev–Trinajstić information content (AvgIpc) is 2.95. The van der Waals surface area contributed by atoms with Gasteiger partial charge in [-0.3, -0.25) is 0 Å². The fourth-order valence-electron chi connectivity index (χ4n) is 2.35. The van der Waals surface area contributed by atoms with Crippen molar-refractivity contribution in [2.45, 2.75) is 44.6 Å².